The average Bonchev–Trinajstić information content (AvgIpc) is 3.08. The van der Waals surface area contributed by atoms with E-state index in [4.69, 9.17) is 9.47 Å². The maximum absolute atomic E-state index is 13.0. The molecule has 1 saturated heterocycles. The van der Waals surface area contributed by atoms with Gasteiger partial charge in [-0.2, -0.15) is 0 Å². The summed E-state index contributed by atoms with van der Waals surface area (Å²) >= 11 is 1.11. The third-order valence-corrected chi connectivity index (χ3v) is 6.13. The van der Waals surface area contributed by atoms with Crippen molar-refractivity contribution in [2.45, 2.75) is 26.2 Å². The van der Waals surface area contributed by atoms with E-state index in [-0.39, 0.29) is 11.5 Å². The third kappa shape index (κ3) is 4.42. The lowest BCUT2D eigenvalue weighted by Gasteiger charge is -2.26. The fourth-order valence-corrected chi connectivity index (χ4v) is 4.49. The third-order valence-electron chi connectivity index (χ3n) is 4.93. The summed E-state index contributed by atoms with van der Waals surface area (Å²) in [5.74, 6) is -0.543. The number of amides is 2. The summed E-state index contributed by atoms with van der Waals surface area (Å²) in [5.41, 5.74) is 1.13. The number of nitrogens with zero attached hydrogens (tertiary/aromatic N) is 1. The molecule has 3 rings (SSSR count). The Balaban J connectivity index is 1.93. The van der Waals surface area contributed by atoms with Gasteiger partial charge in [0, 0.05) is 18.7 Å². The van der Waals surface area contributed by atoms with E-state index in [0.29, 0.717) is 39.8 Å². The van der Waals surface area contributed by atoms with Crippen molar-refractivity contribution >= 4 is 34.1 Å². The fraction of sp³-hybridized carbons (Fsp3) is 0.381. The Labute approximate surface area is 173 Å². The molecule has 0 unspecified atom stereocenters. The lowest BCUT2D eigenvalue weighted by Crippen LogP contribution is -2.35. The van der Waals surface area contributed by atoms with Crippen LogP contribution in [-0.2, 0) is 4.74 Å². The van der Waals surface area contributed by atoms with E-state index in [1.807, 2.05) is 0 Å². The monoisotopic (exact) mass is 416 g/mol. The molecule has 154 valence electrons. The number of carbonyl (C=O) groups is 3. The molecule has 7 nitrogen and oxygen atoms in total. The van der Waals surface area contributed by atoms with Gasteiger partial charge in [0.2, 0.25) is 0 Å². The largest absolute Gasteiger partial charge is 0.497 e. The Kier molecular flexibility index (Phi) is 6.53. The minimum atomic E-state index is -0.586. The van der Waals surface area contributed by atoms with Crippen LogP contribution in [0.5, 0.6) is 5.75 Å². The number of esters is 1. The number of piperidine rings is 1. The van der Waals surface area contributed by atoms with E-state index in [1.54, 1.807) is 36.1 Å². The highest BCUT2D eigenvalue weighted by Gasteiger charge is 2.29. The van der Waals surface area contributed by atoms with Crippen molar-refractivity contribution in [1.82, 2.24) is 4.90 Å². The highest BCUT2D eigenvalue weighted by molar-refractivity contribution is 7.18. The number of carbonyl (C=O) groups excluding carboxylic acids is 3. The zero-order valence-electron chi connectivity index (χ0n) is 16.7. The molecule has 0 spiro atoms. The molecule has 0 saturated carbocycles. The van der Waals surface area contributed by atoms with Crippen molar-refractivity contribution in [3.05, 3.63) is 45.8 Å². The van der Waals surface area contributed by atoms with Crippen molar-refractivity contribution in [3.8, 4) is 5.75 Å². The van der Waals surface area contributed by atoms with Gasteiger partial charge >= 0.3 is 5.97 Å². The van der Waals surface area contributed by atoms with E-state index >= 15 is 0 Å². The Morgan fingerprint density at radius 1 is 1.10 bits per heavy atom. The van der Waals surface area contributed by atoms with Gasteiger partial charge in [-0.05, 0) is 49.9 Å². The van der Waals surface area contributed by atoms with Crippen LogP contribution >= 0.6 is 11.3 Å². The molecule has 0 radical (unpaired) electrons. The normalized spacial score (nSPS) is 13.7. The first-order valence-electron chi connectivity index (χ1n) is 9.42. The average molecular weight is 416 g/mol. The molecule has 0 bridgehead atoms. The van der Waals surface area contributed by atoms with Crippen LogP contribution in [0.2, 0.25) is 0 Å². The van der Waals surface area contributed by atoms with Gasteiger partial charge in [-0.3, -0.25) is 9.59 Å². The fourth-order valence-electron chi connectivity index (χ4n) is 3.33. The molecule has 1 aromatic heterocycles. The molecule has 8 heteroatoms. The first-order chi connectivity index (χ1) is 14.0. The van der Waals surface area contributed by atoms with Crippen molar-refractivity contribution in [2.75, 3.05) is 32.6 Å². The number of benzene rings is 1. The van der Waals surface area contributed by atoms with E-state index < -0.39 is 11.9 Å². The SMILES string of the molecule is COC(=O)c1c(NC(=O)c2cccc(OC)c2)sc(C(=O)N2CCCCC2)c1C. The summed E-state index contributed by atoms with van der Waals surface area (Å²) in [6.07, 6.45) is 3.06. The van der Waals surface area contributed by atoms with Crippen LogP contribution in [0.15, 0.2) is 24.3 Å². The molecular weight excluding hydrogens is 392 g/mol. The van der Waals surface area contributed by atoms with Crippen LogP contribution in [0.1, 0.15) is 55.2 Å². The van der Waals surface area contributed by atoms with Crippen LogP contribution in [0.3, 0.4) is 0 Å². The zero-order valence-corrected chi connectivity index (χ0v) is 17.6. The Morgan fingerprint density at radius 2 is 1.83 bits per heavy atom. The van der Waals surface area contributed by atoms with Gasteiger partial charge in [-0.25, -0.2) is 4.79 Å². The second kappa shape index (κ2) is 9.09. The molecule has 2 amide bonds. The number of likely N-dealkylation sites (tertiary alicyclic amines) is 1. The summed E-state index contributed by atoms with van der Waals surface area (Å²) in [7, 11) is 2.80. The smallest absolute Gasteiger partial charge is 0.341 e. The van der Waals surface area contributed by atoms with Gasteiger partial charge < -0.3 is 19.7 Å². The number of anilines is 1. The van der Waals surface area contributed by atoms with E-state index in [2.05, 4.69) is 5.32 Å². The quantitative estimate of drug-likeness (QED) is 0.751. The van der Waals surface area contributed by atoms with Crippen LogP contribution in [0.4, 0.5) is 5.00 Å². The van der Waals surface area contributed by atoms with Gasteiger partial charge in [0.1, 0.15) is 10.8 Å². The topological polar surface area (TPSA) is 84.9 Å². The van der Waals surface area contributed by atoms with Gasteiger partial charge in [0.05, 0.1) is 24.7 Å². The summed E-state index contributed by atoms with van der Waals surface area (Å²) in [5, 5.41) is 3.07. The van der Waals surface area contributed by atoms with E-state index in [1.165, 1.54) is 14.2 Å². The predicted octanol–water partition coefficient (Wildman–Crippen LogP) is 3.73. The van der Waals surface area contributed by atoms with Gasteiger partial charge in [-0.15, -0.1) is 11.3 Å². The number of rotatable bonds is 5. The van der Waals surface area contributed by atoms with Gasteiger partial charge in [0.25, 0.3) is 11.8 Å². The molecule has 1 aliphatic heterocycles. The number of ether oxygens (including phenoxy) is 2. The molecule has 0 aliphatic carbocycles. The molecular formula is C21H24N2O5S. The molecule has 2 aromatic rings. The zero-order chi connectivity index (χ0) is 21.0. The summed E-state index contributed by atoms with van der Waals surface area (Å²) in [6.45, 7) is 3.12. The van der Waals surface area contributed by atoms with E-state index in [0.717, 1.165) is 30.6 Å². The maximum atomic E-state index is 13.0. The Bertz CT molecular complexity index is 931. The minimum absolute atomic E-state index is 0.112. The van der Waals surface area contributed by atoms with E-state index in [9.17, 15) is 14.4 Å². The number of methoxy groups -OCH3 is 2. The second-order valence-corrected chi connectivity index (χ2v) is 7.81. The number of nitrogens with one attached hydrogen (secondary N) is 1. The van der Waals surface area contributed by atoms with Crippen LogP contribution in [0, 0.1) is 6.92 Å². The molecule has 1 N–H and O–H groups in total. The number of hydrogen-bond acceptors (Lipinski definition) is 6. The van der Waals surface area contributed by atoms with Crippen LogP contribution in [-0.4, -0.2) is 50.0 Å². The molecule has 1 fully saturated rings. The van der Waals surface area contributed by atoms with Crippen molar-refractivity contribution < 1.29 is 23.9 Å². The second-order valence-electron chi connectivity index (χ2n) is 6.79. The van der Waals surface area contributed by atoms with Crippen LogP contribution < -0.4 is 10.1 Å². The van der Waals surface area contributed by atoms with Crippen molar-refractivity contribution in [3.63, 3.8) is 0 Å². The molecule has 1 aromatic carbocycles. The summed E-state index contributed by atoms with van der Waals surface area (Å²) in [6, 6.07) is 6.70. The van der Waals surface area contributed by atoms with Crippen LogP contribution in [0.25, 0.3) is 0 Å². The van der Waals surface area contributed by atoms with Gasteiger partial charge in [0.15, 0.2) is 0 Å². The standard InChI is InChI=1S/C21H24N2O5S/c1-13-16(21(26)28-3)19(22-18(24)14-8-7-9-15(12-14)27-2)29-17(13)20(25)23-10-5-4-6-11-23/h7-9,12H,4-6,10-11H2,1-3H3,(H,22,24). The molecule has 2 heterocycles. The predicted molar refractivity (Wildman–Crippen MR) is 111 cm³/mol. The Hall–Kier alpha value is -2.87. The summed E-state index contributed by atoms with van der Waals surface area (Å²) in [4.78, 5) is 40.4. The van der Waals surface area contributed by atoms with Crippen molar-refractivity contribution in [1.29, 1.82) is 0 Å². The molecule has 29 heavy (non-hydrogen) atoms. The lowest BCUT2D eigenvalue weighted by molar-refractivity contribution is 0.0601. The first kappa shape index (κ1) is 20.9. The Morgan fingerprint density at radius 3 is 2.48 bits per heavy atom. The summed E-state index contributed by atoms with van der Waals surface area (Å²) < 4.78 is 10.0. The highest BCUT2D eigenvalue weighted by atomic mass is 32.1. The highest BCUT2D eigenvalue weighted by Crippen LogP contribution is 2.35. The number of thiophene rings is 1. The first-order valence-corrected chi connectivity index (χ1v) is 10.2. The molecule has 1 aliphatic rings. The van der Waals surface area contributed by atoms with Crippen molar-refractivity contribution in [2.24, 2.45) is 0 Å². The molecule has 0 atom stereocenters. The van der Waals surface area contributed by atoms with Gasteiger partial charge in [-0.1, -0.05) is 6.07 Å². The number of hydrogen-bond donors (Lipinski definition) is 1. The lowest BCUT2D eigenvalue weighted by atomic mass is 10.1. The maximum Gasteiger partial charge on any atom is 0.341 e. The minimum Gasteiger partial charge on any atom is -0.497 e.